The van der Waals surface area contributed by atoms with Crippen LogP contribution >= 0.6 is 0 Å². The Morgan fingerprint density at radius 2 is 1.89 bits per heavy atom. The molecule has 0 aromatic heterocycles. The molecule has 0 aromatic carbocycles. The molecule has 0 saturated carbocycles. The zero-order chi connectivity index (χ0) is 13.8. The number of carbonyl (C=O) groups excluding carboxylic acids is 1. The lowest BCUT2D eigenvalue weighted by Crippen LogP contribution is -2.53. The summed E-state index contributed by atoms with van der Waals surface area (Å²) in [5.41, 5.74) is 0. The minimum Gasteiger partial charge on any atom is -0.339 e. The molecule has 4 heteroatoms. The van der Waals surface area contributed by atoms with Gasteiger partial charge in [0.25, 0.3) is 0 Å². The van der Waals surface area contributed by atoms with E-state index in [2.05, 4.69) is 35.9 Å². The number of piperazine rings is 1. The normalized spacial score (nSPS) is 26.9. The number of carbonyl (C=O) groups is 1. The summed E-state index contributed by atoms with van der Waals surface area (Å²) in [7, 11) is 0. The minimum atomic E-state index is 0.145. The number of hydrogen-bond donors (Lipinski definition) is 1. The summed E-state index contributed by atoms with van der Waals surface area (Å²) >= 11 is 0. The van der Waals surface area contributed by atoms with Gasteiger partial charge in [0.05, 0.1) is 6.04 Å². The topological polar surface area (TPSA) is 35.6 Å². The monoisotopic (exact) mass is 267 g/mol. The largest absolute Gasteiger partial charge is 0.339 e. The summed E-state index contributed by atoms with van der Waals surface area (Å²) < 4.78 is 0. The lowest BCUT2D eigenvalue weighted by molar-refractivity contribution is -0.137. The summed E-state index contributed by atoms with van der Waals surface area (Å²) in [6.45, 7) is 11.5. The predicted molar refractivity (Wildman–Crippen MR) is 78.1 cm³/mol. The Balaban J connectivity index is 1.95. The zero-order valence-electron chi connectivity index (χ0n) is 12.7. The van der Waals surface area contributed by atoms with E-state index in [0.717, 1.165) is 39.1 Å². The molecule has 19 heavy (non-hydrogen) atoms. The molecule has 0 radical (unpaired) electrons. The first-order valence-corrected chi connectivity index (χ1v) is 7.85. The van der Waals surface area contributed by atoms with Crippen molar-refractivity contribution in [1.29, 1.82) is 0 Å². The van der Waals surface area contributed by atoms with Gasteiger partial charge in [-0.3, -0.25) is 9.69 Å². The highest BCUT2D eigenvalue weighted by Gasteiger charge is 2.36. The second-order valence-electron chi connectivity index (χ2n) is 6.45. The molecule has 1 amide bonds. The zero-order valence-corrected chi connectivity index (χ0v) is 12.7. The van der Waals surface area contributed by atoms with Gasteiger partial charge in [0.1, 0.15) is 0 Å². The fraction of sp³-hybridized carbons (Fsp3) is 0.933. The smallest absolute Gasteiger partial charge is 0.240 e. The number of amides is 1. The van der Waals surface area contributed by atoms with Crippen molar-refractivity contribution in [2.45, 2.75) is 52.1 Å². The van der Waals surface area contributed by atoms with Crippen LogP contribution < -0.4 is 5.32 Å². The van der Waals surface area contributed by atoms with Crippen LogP contribution in [0.1, 0.15) is 40.0 Å². The fourth-order valence-corrected chi connectivity index (χ4v) is 3.50. The highest BCUT2D eigenvalue weighted by molar-refractivity contribution is 5.82. The van der Waals surface area contributed by atoms with Crippen LogP contribution in [-0.4, -0.2) is 60.5 Å². The highest BCUT2D eigenvalue weighted by atomic mass is 16.2. The van der Waals surface area contributed by atoms with E-state index in [-0.39, 0.29) is 6.04 Å². The van der Waals surface area contributed by atoms with Crippen LogP contribution in [0.4, 0.5) is 0 Å². The summed E-state index contributed by atoms with van der Waals surface area (Å²) in [5, 5.41) is 3.31. The van der Waals surface area contributed by atoms with Crippen molar-refractivity contribution in [3.8, 4) is 0 Å². The predicted octanol–water partition coefficient (Wildman–Crippen LogP) is 1.32. The van der Waals surface area contributed by atoms with Crippen molar-refractivity contribution in [2.24, 2.45) is 5.92 Å². The maximum atomic E-state index is 12.7. The lowest BCUT2D eigenvalue weighted by atomic mass is 10.0. The highest BCUT2D eigenvalue weighted by Crippen LogP contribution is 2.25. The molecule has 2 unspecified atom stereocenters. The molecule has 2 aliphatic rings. The third kappa shape index (κ3) is 3.69. The fourth-order valence-electron chi connectivity index (χ4n) is 3.50. The second kappa shape index (κ2) is 6.71. The molecule has 2 rings (SSSR count). The first-order valence-electron chi connectivity index (χ1n) is 7.85. The third-order valence-electron chi connectivity index (χ3n) is 4.39. The summed E-state index contributed by atoms with van der Waals surface area (Å²) in [5.74, 6) is 1.07. The molecule has 110 valence electrons. The van der Waals surface area contributed by atoms with Crippen LogP contribution in [-0.2, 0) is 4.79 Å². The Morgan fingerprint density at radius 1 is 1.21 bits per heavy atom. The standard InChI is InChI=1S/C15H29N3O/c1-12(2)11-13(3)18-8-4-5-14(18)15(19)17-9-6-16-7-10-17/h12-14,16H,4-11H2,1-3H3. The average molecular weight is 267 g/mol. The van der Waals surface area contributed by atoms with Crippen LogP contribution in [0, 0.1) is 5.92 Å². The molecule has 2 saturated heterocycles. The Labute approximate surface area is 117 Å². The number of rotatable bonds is 4. The van der Waals surface area contributed by atoms with Gasteiger partial charge in [0, 0.05) is 32.2 Å². The van der Waals surface area contributed by atoms with Crippen molar-refractivity contribution in [1.82, 2.24) is 15.1 Å². The van der Waals surface area contributed by atoms with E-state index in [1.54, 1.807) is 0 Å². The Hall–Kier alpha value is -0.610. The first kappa shape index (κ1) is 14.8. The van der Waals surface area contributed by atoms with Crippen molar-refractivity contribution in [2.75, 3.05) is 32.7 Å². The lowest BCUT2D eigenvalue weighted by Gasteiger charge is -2.35. The van der Waals surface area contributed by atoms with E-state index >= 15 is 0 Å². The van der Waals surface area contributed by atoms with Crippen LogP contribution in [0.3, 0.4) is 0 Å². The van der Waals surface area contributed by atoms with Crippen LogP contribution in [0.15, 0.2) is 0 Å². The van der Waals surface area contributed by atoms with Gasteiger partial charge in [-0.25, -0.2) is 0 Å². The molecule has 2 fully saturated rings. The van der Waals surface area contributed by atoms with E-state index < -0.39 is 0 Å². The molecule has 1 N–H and O–H groups in total. The van der Waals surface area contributed by atoms with Crippen molar-refractivity contribution in [3.63, 3.8) is 0 Å². The maximum absolute atomic E-state index is 12.7. The van der Waals surface area contributed by atoms with Crippen LogP contribution in [0.5, 0.6) is 0 Å². The first-order chi connectivity index (χ1) is 9.09. The Kier molecular flexibility index (Phi) is 5.22. The maximum Gasteiger partial charge on any atom is 0.240 e. The van der Waals surface area contributed by atoms with Gasteiger partial charge < -0.3 is 10.2 Å². The van der Waals surface area contributed by atoms with E-state index in [0.29, 0.717) is 17.9 Å². The average Bonchev–Trinajstić information content (AvgIpc) is 2.87. The van der Waals surface area contributed by atoms with E-state index in [1.807, 2.05) is 0 Å². The molecule has 2 aliphatic heterocycles. The molecular formula is C15H29N3O. The van der Waals surface area contributed by atoms with Gasteiger partial charge in [0.2, 0.25) is 5.91 Å². The Bertz CT molecular complexity index is 300. The number of nitrogens with zero attached hydrogens (tertiary/aromatic N) is 2. The molecule has 0 aromatic rings. The van der Waals surface area contributed by atoms with Crippen molar-refractivity contribution in [3.05, 3.63) is 0 Å². The summed E-state index contributed by atoms with van der Waals surface area (Å²) in [4.78, 5) is 17.2. The minimum absolute atomic E-state index is 0.145. The molecule has 4 nitrogen and oxygen atoms in total. The number of likely N-dealkylation sites (tertiary alicyclic amines) is 1. The van der Waals surface area contributed by atoms with Crippen molar-refractivity contribution >= 4 is 5.91 Å². The molecular weight excluding hydrogens is 238 g/mol. The van der Waals surface area contributed by atoms with Crippen molar-refractivity contribution < 1.29 is 4.79 Å². The van der Waals surface area contributed by atoms with Gasteiger partial charge in [-0.15, -0.1) is 0 Å². The molecule has 2 atom stereocenters. The van der Waals surface area contributed by atoms with Gasteiger partial charge in [-0.2, -0.15) is 0 Å². The third-order valence-corrected chi connectivity index (χ3v) is 4.39. The molecule has 2 heterocycles. The molecule has 0 aliphatic carbocycles. The molecule has 0 bridgehead atoms. The van der Waals surface area contributed by atoms with Crippen LogP contribution in [0.25, 0.3) is 0 Å². The SMILES string of the molecule is CC(C)CC(C)N1CCCC1C(=O)N1CCNCC1. The van der Waals surface area contributed by atoms with E-state index in [1.165, 1.54) is 12.8 Å². The van der Waals surface area contributed by atoms with E-state index in [4.69, 9.17) is 0 Å². The van der Waals surface area contributed by atoms with Gasteiger partial charge in [0.15, 0.2) is 0 Å². The summed E-state index contributed by atoms with van der Waals surface area (Å²) in [6.07, 6.45) is 3.40. The van der Waals surface area contributed by atoms with E-state index in [9.17, 15) is 4.79 Å². The number of nitrogens with one attached hydrogen (secondary N) is 1. The second-order valence-corrected chi connectivity index (χ2v) is 6.45. The number of hydrogen-bond acceptors (Lipinski definition) is 3. The quantitative estimate of drug-likeness (QED) is 0.834. The van der Waals surface area contributed by atoms with Gasteiger partial charge in [-0.1, -0.05) is 13.8 Å². The Morgan fingerprint density at radius 3 is 2.53 bits per heavy atom. The molecule has 0 spiro atoms. The summed E-state index contributed by atoms with van der Waals surface area (Å²) in [6, 6.07) is 0.672. The van der Waals surface area contributed by atoms with Crippen LogP contribution in [0.2, 0.25) is 0 Å². The van der Waals surface area contributed by atoms with Gasteiger partial charge >= 0.3 is 0 Å². The van der Waals surface area contributed by atoms with Gasteiger partial charge in [-0.05, 0) is 38.6 Å².